The molecule has 0 bridgehead atoms. The van der Waals surface area contributed by atoms with Gasteiger partial charge in [-0.15, -0.1) is 0 Å². The van der Waals surface area contributed by atoms with Crippen LogP contribution in [0.2, 0.25) is 0 Å². The molecule has 1 aliphatic heterocycles. The third-order valence-corrected chi connectivity index (χ3v) is 5.27. The van der Waals surface area contributed by atoms with Gasteiger partial charge >= 0.3 is 5.69 Å². The normalized spacial score (nSPS) is 16.6. The van der Waals surface area contributed by atoms with E-state index in [2.05, 4.69) is 0 Å². The van der Waals surface area contributed by atoms with Crippen molar-refractivity contribution in [1.29, 1.82) is 0 Å². The molecular formula is C13H18N2O5S. The van der Waals surface area contributed by atoms with Crippen molar-refractivity contribution in [3.8, 4) is 5.75 Å². The molecule has 21 heavy (non-hydrogen) atoms. The highest BCUT2D eigenvalue weighted by Gasteiger charge is 2.28. The molecule has 7 nitrogen and oxygen atoms in total. The van der Waals surface area contributed by atoms with Crippen molar-refractivity contribution in [3.63, 3.8) is 0 Å². The smallest absolute Gasteiger partial charge is 0.312 e. The number of hydrogen-bond acceptors (Lipinski definition) is 5. The number of nitrogens with zero attached hydrogens (tertiary/aromatic N) is 2. The Kier molecular flexibility index (Phi) is 4.79. The fourth-order valence-corrected chi connectivity index (χ4v) is 3.87. The van der Waals surface area contributed by atoms with Crippen LogP contribution < -0.4 is 4.74 Å². The molecule has 0 aromatic heterocycles. The van der Waals surface area contributed by atoms with E-state index in [0.29, 0.717) is 13.1 Å². The summed E-state index contributed by atoms with van der Waals surface area (Å²) < 4.78 is 31.5. The zero-order valence-corrected chi connectivity index (χ0v) is 12.6. The van der Waals surface area contributed by atoms with Crippen molar-refractivity contribution >= 4 is 15.7 Å². The Morgan fingerprint density at radius 3 is 2.52 bits per heavy atom. The van der Waals surface area contributed by atoms with Crippen molar-refractivity contribution in [2.24, 2.45) is 0 Å². The topological polar surface area (TPSA) is 89.8 Å². The first-order valence-corrected chi connectivity index (χ1v) is 8.32. The molecule has 1 aromatic rings. The second-order valence-corrected chi connectivity index (χ2v) is 6.72. The molecule has 116 valence electrons. The molecule has 1 fully saturated rings. The predicted octanol–water partition coefficient (Wildman–Crippen LogP) is 2.17. The number of piperidine rings is 1. The fourth-order valence-electron chi connectivity index (χ4n) is 2.33. The highest BCUT2D eigenvalue weighted by Crippen LogP contribution is 2.31. The van der Waals surface area contributed by atoms with E-state index in [1.54, 1.807) is 6.92 Å². The van der Waals surface area contributed by atoms with E-state index < -0.39 is 14.9 Å². The van der Waals surface area contributed by atoms with Crippen LogP contribution in [-0.4, -0.2) is 37.3 Å². The monoisotopic (exact) mass is 314 g/mol. The highest BCUT2D eigenvalue weighted by atomic mass is 32.2. The maximum Gasteiger partial charge on any atom is 0.312 e. The van der Waals surface area contributed by atoms with E-state index in [-0.39, 0.29) is 22.9 Å². The van der Waals surface area contributed by atoms with Crippen molar-refractivity contribution in [1.82, 2.24) is 4.31 Å². The minimum Gasteiger partial charge on any atom is -0.487 e. The summed E-state index contributed by atoms with van der Waals surface area (Å²) in [4.78, 5) is 10.4. The largest absolute Gasteiger partial charge is 0.487 e. The van der Waals surface area contributed by atoms with Gasteiger partial charge in [0.25, 0.3) is 0 Å². The number of ether oxygens (including phenoxy) is 1. The molecule has 1 saturated heterocycles. The molecule has 0 unspecified atom stereocenters. The van der Waals surface area contributed by atoms with E-state index in [4.69, 9.17) is 4.74 Å². The van der Waals surface area contributed by atoms with Gasteiger partial charge in [-0.3, -0.25) is 10.1 Å². The number of nitro groups is 1. The molecule has 0 spiro atoms. The van der Waals surface area contributed by atoms with Crippen molar-refractivity contribution in [3.05, 3.63) is 28.3 Å². The zero-order valence-electron chi connectivity index (χ0n) is 11.8. The Morgan fingerprint density at radius 2 is 1.95 bits per heavy atom. The van der Waals surface area contributed by atoms with Gasteiger partial charge in [-0.2, -0.15) is 4.31 Å². The molecule has 1 heterocycles. The summed E-state index contributed by atoms with van der Waals surface area (Å²) in [5.74, 6) is 0.0834. The summed E-state index contributed by atoms with van der Waals surface area (Å²) in [5.41, 5.74) is -0.324. The lowest BCUT2D eigenvalue weighted by molar-refractivity contribution is -0.386. The average molecular weight is 314 g/mol. The number of rotatable bonds is 5. The third-order valence-electron chi connectivity index (χ3n) is 3.38. The Morgan fingerprint density at radius 1 is 1.29 bits per heavy atom. The third kappa shape index (κ3) is 3.33. The molecule has 1 aliphatic rings. The zero-order chi connectivity index (χ0) is 15.5. The van der Waals surface area contributed by atoms with Gasteiger partial charge in [0.05, 0.1) is 16.4 Å². The standard InChI is InChI=1S/C13H18N2O5S/c1-2-20-13-7-6-11(10-12(13)15(16)17)21(18,19)14-8-4-3-5-9-14/h6-7,10H,2-5,8-9H2,1H3. The molecule has 0 atom stereocenters. The molecular weight excluding hydrogens is 296 g/mol. The number of nitro benzene ring substituents is 1. The van der Waals surface area contributed by atoms with Crippen LogP contribution in [-0.2, 0) is 10.0 Å². The van der Waals surface area contributed by atoms with Crippen LogP contribution in [0.1, 0.15) is 26.2 Å². The first-order chi connectivity index (χ1) is 9.96. The summed E-state index contributed by atoms with van der Waals surface area (Å²) in [5, 5.41) is 11.1. The van der Waals surface area contributed by atoms with Crippen LogP contribution in [0.15, 0.2) is 23.1 Å². The SMILES string of the molecule is CCOc1ccc(S(=O)(=O)N2CCCCC2)cc1[N+](=O)[O-]. The van der Waals surface area contributed by atoms with Crippen molar-refractivity contribution in [2.45, 2.75) is 31.1 Å². The first kappa shape index (κ1) is 15.7. The van der Waals surface area contributed by atoms with Gasteiger partial charge in [0.15, 0.2) is 5.75 Å². The van der Waals surface area contributed by atoms with Gasteiger partial charge in [0.2, 0.25) is 10.0 Å². The molecule has 0 amide bonds. The lowest BCUT2D eigenvalue weighted by atomic mass is 10.2. The molecule has 1 aromatic carbocycles. The van der Waals surface area contributed by atoms with Crippen LogP contribution in [0.3, 0.4) is 0 Å². The highest BCUT2D eigenvalue weighted by molar-refractivity contribution is 7.89. The minimum atomic E-state index is -3.68. The molecule has 0 radical (unpaired) electrons. The van der Waals surface area contributed by atoms with Crippen LogP contribution in [0.5, 0.6) is 5.75 Å². The molecule has 8 heteroatoms. The number of benzene rings is 1. The maximum absolute atomic E-state index is 12.5. The Balaban J connectivity index is 2.39. The number of hydrogen-bond donors (Lipinski definition) is 0. The lowest BCUT2D eigenvalue weighted by Gasteiger charge is -2.25. The van der Waals surface area contributed by atoms with Gasteiger partial charge in [-0.05, 0) is 31.9 Å². The Labute approximate surface area is 123 Å². The van der Waals surface area contributed by atoms with Gasteiger partial charge in [-0.1, -0.05) is 6.42 Å². The van der Waals surface area contributed by atoms with Gasteiger partial charge in [-0.25, -0.2) is 8.42 Å². The second-order valence-electron chi connectivity index (χ2n) is 4.78. The average Bonchev–Trinajstić information content (AvgIpc) is 2.48. The van der Waals surface area contributed by atoms with E-state index in [0.717, 1.165) is 25.3 Å². The molecule has 2 rings (SSSR count). The lowest BCUT2D eigenvalue weighted by Crippen LogP contribution is -2.35. The van der Waals surface area contributed by atoms with E-state index in [1.807, 2.05) is 0 Å². The molecule has 0 saturated carbocycles. The van der Waals surface area contributed by atoms with Crippen LogP contribution in [0, 0.1) is 10.1 Å². The summed E-state index contributed by atoms with van der Waals surface area (Å²) in [6.07, 6.45) is 2.64. The molecule has 0 aliphatic carbocycles. The van der Waals surface area contributed by atoms with Crippen LogP contribution >= 0.6 is 0 Å². The summed E-state index contributed by atoms with van der Waals surface area (Å²) >= 11 is 0. The van der Waals surface area contributed by atoms with Crippen LogP contribution in [0.25, 0.3) is 0 Å². The number of sulfonamides is 1. The van der Waals surface area contributed by atoms with Gasteiger partial charge in [0, 0.05) is 19.2 Å². The van der Waals surface area contributed by atoms with Crippen molar-refractivity contribution < 1.29 is 18.1 Å². The summed E-state index contributed by atoms with van der Waals surface area (Å²) in [7, 11) is -3.68. The Bertz CT molecular complexity index is 623. The predicted molar refractivity (Wildman–Crippen MR) is 76.9 cm³/mol. The quantitative estimate of drug-likeness (QED) is 0.613. The molecule has 0 N–H and O–H groups in total. The maximum atomic E-state index is 12.5. The summed E-state index contributed by atoms with van der Waals surface area (Å²) in [6.45, 7) is 2.91. The van der Waals surface area contributed by atoms with E-state index in [1.165, 1.54) is 16.4 Å². The van der Waals surface area contributed by atoms with Gasteiger partial charge in [0.1, 0.15) is 0 Å². The van der Waals surface area contributed by atoms with E-state index >= 15 is 0 Å². The summed E-state index contributed by atoms with van der Waals surface area (Å²) in [6, 6.07) is 3.79. The van der Waals surface area contributed by atoms with Gasteiger partial charge < -0.3 is 4.74 Å². The second kappa shape index (κ2) is 6.40. The van der Waals surface area contributed by atoms with Crippen molar-refractivity contribution in [2.75, 3.05) is 19.7 Å². The Hall–Kier alpha value is -1.67. The van der Waals surface area contributed by atoms with E-state index in [9.17, 15) is 18.5 Å². The first-order valence-electron chi connectivity index (χ1n) is 6.88. The van der Waals surface area contributed by atoms with Crippen LogP contribution in [0.4, 0.5) is 5.69 Å². The minimum absolute atomic E-state index is 0.0560. The fraction of sp³-hybridized carbons (Fsp3) is 0.538.